The van der Waals surface area contributed by atoms with Gasteiger partial charge < -0.3 is 4.74 Å². The molecule has 0 unspecified atom stereocenters. The Bertz CT molecular complexity index is 1260. The van der Waals surface area contributed by atoms with Crippen molar-refractivity contribution in [2.45, 2.75) is 0 Å². The first-order valence-corrected chi connectivity index (χ1v) is 10.0. The van der Waals surface area contributed by atoms with Crippen LogP contribution in [0.3, 0.4) is 0 Å². The van der Waals surface area contributed by atoms with Gasteiger partial charge in [0, 0.05) is 15.6 Å². The van der Waals surface area contributed by atoms with Crippen LogP contribution in [-0.4, -0.2) is 37.1 Å². The molecule has 0 radical (unpaired) electrons. The van der Waals surface area contributed by atoms with Gasteiger partial charge in [-0.05, 0) is 42.5 Å². The summed E-state index contributed by atoms with van der Waals surface area (Å²) in [6.45, 7) is 0. The lowest BCUT2D eigenvalue weighted by atomic mass is 10.1. The molecule has 1 N–H and O–H groups in total. The molecule has 0 aliphatic rings. The molecule has 0 saturated carbocycles. The number of nitrogens with zero attached hydrogens (tertiary/aromatic N) is 5. The lowest BCUT2D eigenvalue weighted by molar-refractivity contribution is 0.415. The number of halogens is 1. The number of methoxy groups -OCH3 is 1. The fourth-order valence-corrected chi connectivity index (χ4v) is 3.92. The second-order valence-electron chi connectivity index (χ2n) is 6.03. The smallest absolute Gasteiger partial charge is 0.235 e. The lowest BCUT2D eigenvalue weighted by Crippen LogP contribution is -1.90. The van der Waals surface area contributed by atoms with Crippen molar-refractivity contribution >= 4 is 32.2 Å². The highest BCUT2D eigenvalue weighted by atomic mass is 79.9. The Labute approximate surface area is 172 Å². The number of aromatic nitrogens is 6. The van der Waals surface area contributed by atoms with E-state index in [0.29, 0.717) is 5.82 Å². The molecule has 0 aliphatic carbocycles. The van der Waals surface area contributed by atoms with Crippen LogP contribution in [0.25, 0.3) is 38.3 Å². The molecule has 0 spiro atoms. The van der Waals surface area contributed by atoms with Crippen molar-refractivity contribution in [2.75, 3.05) is 7.11 Å². The summed E-state index contributed by atoms with van der Waals surface area (Å²) in [4.78, 5) is 0.730. The summed E-state index contributed by atoms with van der Waals surface area (Å²) in [5.74, 6) is 1.52. The zero-order chi connectivity index (χ0) is 19.1. The maximum Gasteiger partial charge on any atom is 0.235 e. The number of hydrogen-bond donors (Lipinski definition) is 1. The van der Waals surface area contributed by atoms with Gasteiger partial charge in [0.05, 0.1) is 18.5 Å². The van der Waals surface area contributed by atoms with E-state index < -0.39 is 0 Å². The number of H-pyrrole nitrogens is 1. The molecule has 7 nitrogen and oxygen atoms in total. The minimum absolute atomic E-state index is 0.708. The third-order valence-electron chi connectivity index (χ3n) is 4.29. The van der Waals surface area contributed by atoms with Gasteiger partial charge in [-0.1, -0.05) is 39.4 Å². The average Bonchev–Trinajstić information content (AvgIpc) is 3.44. The molecule has 138 valence electrons. The molecule has 3 heterocycles. The number of nitrogens with one attached hydrogen (secondary N) is 1. The predicted molar refractivity (Wildman–Crippen MR) is 111 cm³/mol. The van der Waals surface area contributed by atoms with Crippen molar-refractivity contribution in [3.8, 4) is 39.1 Å². The molecule has 28 heavy (non-hydrogen) atoms. The first kappa shape index (κ1) is 17.1. The second kappa shape index (κ2) is 6.84. The van der Waals surface area contributed by atoms with Crippen LogP contribution in [0.4, 0.5) is 0 Å². The molecule has 0 saturated heterocycles. The minimum Gasteiger partial charge on any atom is -0.497 e. The molecular weight excluding hydrogens is 440 g/mol. The zero-order valence-corrected chi connectivity index (χ0v) is 17.0. The maximum atomic E-state index is 5.20. The Kier molecular flexibility index (Phi) is 4.18. The summed E-state index contributed by atoms with van der Waals surface area (Å²) >= 11 is 4.91. The highest BCUT2D eigenvalue weighted by Crippen LogP contribution is 2.30. The second-order valence-corrected chi connectivity index (χ2v) is 7.90. The standard InChI is InChI=1S/C19H13BrN6OS/c1-27-14-8-4-11(5-9-14)15-10-16(22-21-15)18-25-26-17(23-24-19(26)28-18)12-2-6-13(20)7-3-12/h2-10H,1H3,(H,21,22). The van der Waals surface area contributed by atoms with Gasteiger partial charge in [-0.2, -0.15) is 14.7 Å². The van der Waals surface area contributed by atoms with Gasteiger partial charge >= 0.3 is 0 Å². The van der Waals surface area contributed by atoms with Gasteiger partial charge in [-0.3, -0.25) is 5.10 Å². The number of rotatable bonds is 4. The summed E-state index contributed by atoms with van der Waals surface area (Å²) < 4.78 is 7.98. The molecule has 0 atom stereocenters. The van der Waals surface area contributed by atoms with Gasteiger partial charge in [0.1, 0.15) is 5.75 Å². The topological polar surface area (TPSA) is 81.0 Å². The normalized spacial score (nSPS) is 11.2. The van der Waals surface area contributed by atoms with Crippen LogP contribution in [0.2, 0.25) is 0 Å². The van der Waals surface area contributed by atoms with Gasteiger partial charge in [-0.25, -0.2) is 0 Å². The largest absolute Gasteiger partial charge is 0.497 e. The molecule has 5 rings (SSSR count). The zero-order valence-electron chi connectivity index (χ0n) is 14.6. The Morgan fingerprint density at radius 3 is 2.50 bits per heavy atom. The molecule has 5 aromatic rings. The molecule has 0 amide bonds. The van der Waals surface area contributed by atoms with E-state index in [1.807, 2.05) is 54.6 Å². The Balaban J connectivity index is 1.50. The van der Waals surface area contributed by atoms with Crippen molar-refractivity contribution in [3.63, 3.8) is 0 Å². The van der Waals surface area contributed by atoms with Crippen LogP contribution in [0.1, 0.15) is 0 Å². The van der Waals surface area contributed by atoms with Crippen molar-refractivity contribution in [1.29, 1.82) is 0 Å². The van der Waals surface area contributed by atoms with Crippen LogP contribution in [0, 0.1) is 0 Å². The number of fused-ring (bicyclic) bond motifs is 1. The van der Waals surface area contributed by atoms with E-state index in [0.717, 1.165) is 42.7 Å². The van der Waals surface area contributed by atoms with Crippen LogP contribution in [0.15, 0.2) is 59.1 Å². The van der Waals surface area contributed by atoms with Crippen LogP contribution < -0.4 is 4.74 Å². The van der Waals surface area contributed by atoms with E-state index in [1.54, 1.807) is 11.6 Å². The number of ether oxygens (including phenoxy) is 1. The number of hydrogen-bond acceptors (Lipinski definition) is 6. The quantitative estimate of drug-likeness (QED) is 0.428. The monoisotopic (exact) mass is 452 g/mol. The fraction of sp³-hybridized carbons (Fsp3) is 0.0526. The lowest BCUT2D eigenvalue weighted by Gasteiger charge is -1.99. The Hall–Kier alpha value is -3.04. The van der Waals surface area contributed by atoms with Crippen LogP contribution >= 0.6 is 27.3 Å². The van der Waals surface area contributed by atoms with Crippen molar-refractivity contribution in [2.24, 2.45) is 0 Å². The summed E-state index contributed by atoms with van der Waals surface area (Å²) in [6, 6.07) is 17.7. The Morgan fingerprint density at radius 2 is 1.75 bits per heavy atom. The molecule has 2 aromatic carbocycles. The van der Waals surface area contributed by atoms with E-state index in [4.69, 9.17) is 4.74 Å². The summed E-state index contributed by atoms with van der Waals surface area (Å²) in [7, 11) is 1.65. The van der Waals surface area contributed by atoms with Gasteiger partial charge in [0.25, 0.3) is 0 Å². The summed E-state index contributed by atoms with van der Waals surface area (Å²) in [5, 5.41) is 21.5. The van der Waals surface area contributed by atoms with Gasteiger partial charge in [0.15, 0.2) is 10.8 Å². The van der Waals surface area contributed by atoms with E-state index in [2.05, 4.69) is 41.4 Å². The molecule has 0 bridgehead atoms. The molecule has 9 heteroatoms. The van der Waals surface area contributed by atoms with Crippen LogP contribution in [-0.2, 0) is 0 Å². The first-order chi connectivity index (χ1) is 13.7. The highest BCUT2D eigenvalue weighted by Gasteiger charge is 2.16. The molecular formula is C19H13BrN6OS. The van der Waals surface area contributed by atoms with E-state index in [1.165, 1.54) is 11.3 Å². The summed E-state index contributed by atoms with van der Waals surface area (Å²) in [5.41, 5.74) is 3.64. The Morgan fingerprint density at radius 1 is 1.00 bits per heavy atom. The van der Waals surface area contributed by atoms with E-state index in [9.17, 15) is 0 Å². The first-order valence-electron chi connectivity index (χ1n) is 8.39. The molecule has 0 fully saturated rings. The summed E-state index contributed by atoms with van der Waals surface area (Å²) in [6.07, 6.45) is 0. The van der Waals surface area contributed by atoms with Gasteiger partial charge in [0.2, 0.25) is 4.96 Å². The maximum absolute atomic E-state index is 5.20. The third-order valence-corrected chi connectivity index (χ3v) is 5.75. The third kappa shape index (κ3) is 2.98. The fourth-order valence-electron chi connectivity index (χ4n) is 2.85. The van der Waals surface area contributed by atoms with Crippen molar-refractivity contribution < 1.29 is 4.74 Å². The van der Waals surface area contributed by atoms with Gasteiger partial charge in [-0.15, -0.1) is 10.2 Å². The minimum atomic E-state index is 0.708. The van der Waals surface area contributed by atoms with Crippen molar-refractivity contribution in [3.05, 3.63) is 59.1 Å². The van der Waals surface area contributed by atoms with Crippen molar-refractivity contribution in [1.82, 2.24) is 30.0 Å². The van der Waals surface area contributed by atoms with E-state index in [-0.39, 0.29) is 0 Å². The number of benzene rings is 2. The van der Waals surface area contributed by atoms with E-state index >= 15 is 0 Å². The van der Waals surface area contributed by atoms with Crippen LogP contribution in [0.5, 0.6) is 5.75 Å². The molecule has 3 aromatic heterocycles. The highest BCUT2D eigenvalue weighted by molar-refractivity contribution is 9.10. The molecule has 0 aliphatic heterocycles. The SMILES string of the molecule is COc1ccc(-c2cc(-c3nn4c(-c5ccc(Br)cc5)nnc4s3)[nH]n2)cc1. The average molecular weight is 453 g/mol. The number of aromatic amines is 1. The predicted octanol–water partition coefficient (Wildman–Crippen LogP) is 4.68.